The molecule has 0 spiro atoms. The zero-order valence-corrected chi connectivity index (χ0v) is 21.4. The Kier molecular flexibility index (Phi) is 6.94. The molecule has 0 fully saturated rings. The third-order valence-electron chi connectivity index (χ3n) is 5.40. The Morgan fingerprint density at radius 2 is 1.79 bits per heavy atom. The van der Waals surface area contributed by atoms with E-state index in [1.165, 1.54) is 0 Å². The van der Waals surface area contributed by atoms with Crippen molar-refractivity contribution in [2.75, 3.05) is 11.9 Å². The fourth-order valence-electron chi connectivity index (χ4n) is 3.76. The monoisotopic (exact) mass is 582 g/mol. The summed E-state index contributed by atoms with van der Waals surface area (Å²) in [7, 11) is 0. The van der Waals surface area contributed by atoms with Gasteiger partial charge in [0.2, 0.25) is 0 Å². The van der Waals surface area contributed by atoms with Gasteiger partial charge >= 0.3 is 178 Å². The number of alkyl halides is 6. The third-order valence-corrected chi connectivity index (χ3v) is 10.5. The Labute approximate surface area is 191 Å². The van der Waals surface area contributed by atoms with Gasteiger partial charge in [-0.3, -0.25) is 0 Å². The Morgan fingerprint density at radius 3 is 2.33 bits per heavy atom. The number of hydrogen-bond donors (Lipinski definition) is 1. The molecule has 0 radical (unpaired) electrons. The van der Waals surface area contributed by atoms with Crippen LogP contribution in [0, 0.1) is 0 Å². The predicted octanol–water partition coefficient (Wildman–Crippen LogP) is 4.79. The summed E-state index contributed by atoms with van der Waals surface area (Å²) in [5.41, 5.74) is 1.89. The Bertz CT molecular complexity index is 1060. The number of anilines is 2. The minimum atomic E-state index is -4.93. The van der Waals surface area contributed by atoms with Gasteiger partial charge in [-0.25, -0.2) is 0 Å². The maximum absolute atomic E-state index is 13.4. The predicted molar refractivity (Wildman–Crippen MR) is 114 cm³/mol. The molecule has 2 heterocycles. The van der Waals surface area contributed by atoms with E-state index in [1.807, 2.05) is 21.7 Å². The van der Waals surface area contributed by atoms with Crippen LogP contribution in [0.15, 0.2) is 18.3 Å². The molecule has 1 N–H and O–H groups in total. The van der Waals surface area contributed by atoms with E-state index in [0.717, 1.165) is 22.2 Å². The van der Waals surface area contributed by atoms with Gasteiger partial charge in [-0.1, -0.05) is 0 Å². The van der Waals surface area contributed by atoms with Gasteiger partial charge in [-0.2, -0.15) is 13.2 Å². The second kappa shape index (κ2) is 8.95. The number of aryl methyl sites for hydroxylation is 1. The second-order valence-corrected chi connectivity index (χ2v) is 23.1. The molecule has 180 valence electrons. The first-order valence-corrected chi connectivity index (χ1v) is 20.3. The molecule has 0 saturated carbocycles. The van der Waals surface area contributed by atoms with Gasteiger partial charge in [-0.05, 0) is 0 Å². The number of nitrogens with one attached hydrogen (secondary N) is 1. The van der Waals surface area contributed by atoms with Crippen LogP contribution < -0.4 is 9.03 Å². The quantitative estimate of drug-likeness (QED) is 0.417. The molecule has 33 heavy (non-hydrogen) atoms. The number of hydrogen-bond acceptors (Lipinski definition) is 4. The van der Waals surface area contributed by atoms with Gasteiger partial charge in [0, 0.05) is 0 Å². The molecule has 1 aliphatic rings. The molecule has 0 saturated heterocycles. The van der Waals surface area contributed by atoms with Crippen LogP contribution in [0.4, 0.5) is 38.0 Å². The number of aromatic nitrogens is 2. The van der Waals surface area contributed by atoms with Gasteiger partial charge in [0.25, 0.3) is 0 Å². The summed E-state index contributed by atoms with van der Waals surface area (Å²) in [6.07, 6.45) is -7.93. The summed E-state index contributed by atoms with van der Waals surface area (Å²) in [4.78, 5) is 26.0. The number of carbonyl (C=O) groups is 1. The average molecular weight is 581 g/mol. The number of fused-ring (bicyclic) bond motifs is 1. The summed E-state index contributed by atoms with van der Waals surface area (Å²) in [5, 5.41) is 3.01. The molecule has 2 aromatic rings. The van der Waals surface area contributed by atoms with E-state index < -0.39 is 42.2 Å². The number of halogens is 6. The number of carbonyl (C=O) groups excluding carboxylic acids is 1. The van der Waals surface area contributed by atoms with Crippen molar-refractivity contribution in [1.82, 2.24) is 14.9 Å². The van der Waals surface area contributed by atoms with Crippen LogP contribution in [-0.2, 0) is 30.4 Å². The minimum absolute atomic E-state index is 0.0453. The van der Waals surface area contributed by atoms with E-state index in [-0.39, 0.29) is 29.2 Å². The molecule has 0 bridgehead atoms. The van der Waals surface area contributed by atoms with E-state index in [1.54, 1.807) is 12.1 Å². The van der Waals surface area contributed by atoms with E-state index in [0.29, 0.717) is 17.7 Å². The van der Waals surface area contributed by atoms with Crippen LogP contribution in [-0.4, -0.2) is 51.9 Å². The summed E-state index contributed by atoms with van der Waals surface area (Å²) in [6, 6.07) is 3.48. The Balaban J connectivity index is 1.94. The standard InChI is InChI=1S/C18H15F6N4O.3CH3.Sn/c1-2-10-5-12-9-28(15(29)18(22,23)24)4-3-11(12)6-14(10)27-16-25-7-13(8-26-16)17(19,20)21;;;;/h5-7H,2-4,9H2,1H3,(H,25,26,27);3*1H3;. The molecule has 1 aromatic carbocycles. The van der Waals surface area contributed by atoms with Crippen molar-refractivity contribution in [3.05, 3.63) is 40.6 Å². The normalized spacial score (nSPS) is 14.8. The van der Waals surface area contributed by atoms with Gasteiger partial charge < -0.3 is 0 Å². The van der Waals surface area contributed by atoms with Crippen molar-refractivity contribution < 1.29 is 31.1 Å². The fraction of sp³-hybridized carbons (Fsp3) is 0.476. The van der Waals surface area contributed by atoms with Gasteiger partial charge in [-0.15, -0.1) is 0 Å². The molecule has 5 nitrogen and oxygen atoms in total. The van der Waals surface area contributed by atoms with Crippen LogP contribution in [0.1, 0.15) is 29.2 Å². The molecule has 12 heteroatoms. The first kappa shape index (κ1) is 25.6. The molecule has 0 aliphatic carbocycles. The van der Waals surface area contributed by atoms with Crippen LogP contribution >= 0.6 is 0 Å². The molecular formula is C21H24F6N4OSn. The Hall–Kier alpha value is -2.05. The molecular weight excluding hydrogens is 557 g/mol. The molecule has 0 atom stereocenters. The number of nitrogens with zero attached hydrogens (tertiary/aromatic N) is 3. The van der Waals surface area contributed by atoms with Crippen LogP contribution in [0.5, 0.6) is 0 Å². The molecule has 1 aliphatic heterocycles. The molecule has 0 unspecified atom stereocenters. The molecule has 1 amide bonds. The van der Waals surface area contributed by atoms with Crippen LogP contribution in [0.3, 0.4) is 0 Å². The maximum atomic E-state index is 13.4. The summed E-state index contributed by atoms with van der Waals surface area (Å²) in [6.45, 7) is 1.62. The molecule has 1 aromatic heterocycles. The fourth-order valence-corrected chi connectivity index (χ4v) is 7.92. The van der Waals surface area contributed by atoms with Crippen molar-refractivity contribution in [1.29, 1.82) is 0 Å². The van der Waals surface area contributed by atoms with Crippen LogP contribution in [0.2, 0.25) is 14.8 Å². The van der Waals surface area contributed by atoms with E-state index >= 15 is 0 Å². The topological polar surface area (TPSA) is 58.1 Å². The number of benzene rings is 1. The number of rotatable bonds is 4. The summed E-state index contributed by atoms with van der Waals surface area (Å²) in [5.74, 6) is -1.82. The van der Waals surface area contributed by atoms with Crippen molar-refractivity contribution in [3.63, 3.8) is 0 Å². The van der Waals surface area contributed by atoms with Crippen molar-refractivity contribution >= 4 is 39.6 Å². The van der Waals surface area contributed by atoms with Crippen molar-refractivity contribution in [2.45, 2.75) is 53.5 Å². The number of amides is 1. The molecule has 3 rings (SSSR count). The van der Waals surface area contributed by atoms with Crippen molar-refractivity contribution in [3.8, 4) is 0 Å². The third kappa shape index (κ3) is 5.72. The van der Waals surface area contributed by atoms with Gasteiger partial charge in [0.05, 0.1) is 0 Å². The van der Waals surface area contributed by atoms with Crippen LogP contribution in [0.25, 0.3) is 0 Å². The zero-order chi connectivity index (χ0) is 24.8. The Morgan fingerprint density at radius 1 is 1.12 bits per heavy atom. The summed E-state index contributed by atoms with van der Waals surface area (Å²) < 4.78 is 78.8. The van der Waals surface area contributed by atoms with E-state index in [4.69, 9.17) is 0 Å². The van der Waals surface area contributed by atoms with Crippen molar-refractivity contribution in [2.24, 2.45) is 0 Å². The SMILES string of the molecule is CCc1cc2c(cc1Nc1ncc(C(F)(F)F)[c]([Sn]([CH3])([CH3])[CH3])n1)CCN(C(=O)C(F)(F)F)C2. The first-order valence-electron chi connectivity index (χ1n) is 10.3. The van der Waals surface area contributed by atoms with E-state index in [9.17, 15) is 31.1 Å². The summed E-state index contributed by atoms with van der Waals surface area (Å²) >= 11 is -3.26. The average Bonchev–Trinajstić information content (AvgIpc) is 2.70. The van der Waals surface area contributed by atoms with Gasteiger partial charge in [0.1, 0.15) is 0 Å². The van der Waals surface area contributed by atoms with Gasteiger partial charge in [0.15, 0.2) is 0 Å². The second-order valence-electron chi connectivity index (χ2n) is 8.93. The zero-order valence-electron chi connectivity index (χ0n) is 18.6. The first-order chi connectivity index (χ1) is 15.1. The van der Waals surface area contributed by atoms with E-state index in [2.05, 4.69) is 15.3 Å².